The molecule has 7 heteroatoms. The fourth-order valence-corrected chi connectivity index (χ4v) is 5.26. The van der Waals surface area contributed by atoms with E-state index in [0.29, 0.717) is 12.6 Å². The molecule has 0 N–H and O–H groups in total. The molecule has 166 valence electrons. The zero-order valence-corrected chi connectivity index (χ0v) is 18.8. The number of nitrogens with zero attached hydrogens (tertiary/aromatic N) is 6. The van der Waals surface area contributed by atoms with E-state index in [0.717, 1.165) is 43.9 Å². The lowest BCUT2D eigenvalue weighted by atomic mass is 9.75. The molecule has 1 spiro atoms. The van der Waals surface area contributed by atoms with E-state index in [9.17, 15) is 4.79 Å². The second kappa shape index (κ2) is 8.47. The predicted molar refractivity (Wildman–Crippen MR) is 122 cm³/mol. The normalized spacial score (nSPS) is 23.7. The van der Waals surface area contributed by atoms with Crippen LogP contribution in [0.5, 0.6) is 0 Å². The summed E-state index contributed by atoms with van der Waals surface area (Å²) in [6.45, 7) is 8.12. The summed E-state index contributed by atoms with van der Waals surface area (Å²) in [7, 11) is 0. The average molecular weight is 431 g/mol. The summed E-state index contributed by atoms with van der Waals surface area (Å²) in [5, 5.41) is 0. The highest BCUT2D eigenvalue weighted by Gasteiger charge is 2.57. The summed E-state index contributed by atoms with van der Waals surface area (Å²) in [5.41, 5.74) is 2.91. The molecular weight excluding hydrogens is 400 g/mol. The maximum atomic E-state index is 13.9. The van der Waals surface area contributed by atoms with Crippen LogP contribution in [0.1, 0.15) is 49.0 Å². The molecule has 2 aliphatic heterocycles. The standard InChI is InChI=1S/C25H30N6O/c1-19(2)31-16-23(28-18-31)22-15-29(13-20-5-9-26-10-6-20)17-25(22)7-11-30(24(25)32)14-21-4-3-8-27-12-21/h3-6,8-10,12,16,18-19,22H,7,11,13-15,17H2,1-2H3/t22-,25+/m1/s1. The zero-order valence-electron chi connectivity index (χ0n) is 18.8. The van der Waals surface area contributed by atoms with Gasteiger partial charge in [0.15, 0.2) is 0 Å². The van der Waals surface area contributed by atoms with Gasteiger partial charge in [-0.25, -0.2) is 4.98 Å². The van der Waals surface area contributed by atoms with E-state index in [1.165, 1.54) is 5.56 Å². The molecule has 0 unspecified atom stereocenters. The van der Waals surface area contributed by atoms with E-state index >= 15 is 0 Å². The Bertz CT molecular complexity index is 1070. The van der Waals surface area contributed by atoms with Gasteiger partial charge in [0, 0.05) is 75.7 Å². The number of hydrogen-bond donors (Lipinski definition) is 0. The third-order valence-corrected chi connectivity index (χ3v) is 6.98. The third kappa shape index (κ3) is 3.81. The van der Waals surface area contributed by atoms with Gasteiger partial charge in [0.1, 0.15) is 0 Å². The Kier molecular flexibility index (Phi) is 5.51. The number of carbonyl (C=O) groups is 1. The zero-order chi connectivity index (χ0) is 22.1. The summed E-state index contributed by atoms with van der Waals surface area (Å²) in [4.78, 5) is 31.4. The molecule has 7 nitrogen and oxygen atoms in total. The highest BCUT2D eigenvalue weighted by molar-refractivity contribution is 5.86. The summed E-state index contributed by atoms with van der Waals surface area (Å²) < 4.78 is 2.14. The Morgan fingerprint density at radius 1 is 1.09 bits per heavy atom. The maximum absolute atomic E-state index is 13.9. The van der Waals surface area contributed by atoms with Crippen LogP contribution in [-0.2, 0) is 17.9 Å². The van der Waals surface area contributed by atoms with Crippen LogP contribution in [0, 0.1) is 5.41 Å². The Morgan fingerprint density at radius 3 is 2.66 bits per heavy atom. The molecule has 0 aliphatic carbocycles. The maximum Gasteiger partial charge on any atom is 0.231 e. The van der Waals surface area contributed by atoms with E-state index in [4.69, 9.17) is 4.98 Å². The number of aromatic nitrogens is 4. The number of amides is 1. The number of rotatable bonds is 6. The van der Waals surface area contributed by atoms with Crippen LogP contribution in [0.4, 0.5) is 0 Å². The van der Waals surface area contributed by atoms with Crippen molar-refractivity contribution >= 4 is 5.91 Å². The largest absolute Gasteiger partial charge is 0.338 e. The molecule has 2 atom stereocenters. The van der Waals surface area contributed by atoms with Crippen molar-refractivity contribution in [1.82, 2.24) is 29.3 Å². The summed E-state index contributed by atoms with van der Waals surface area (Å²) in [6, 6.07) is 8.43. The van der Waals surface area contributed by atoms with Gasteiger partial charge in [-0.2, -0.15) is 0 Å². The molecule has 0 bridgehead atoms. The molecule has 32 heavy (non-hydrogen) atoms. The summed E-state index contributed by atoms with van der Waals surface area (Å²) >= 11 is 0. The summed E-state index contributed by atoms with van der Waals surface area (Å²) in [6.07, 6.45) is 12.2. The molecule has 5 heterocycles. The second-order valence-corrected chi connectivity index (χ2v) is 9.41. The molecular formula is C25H30N6O. The van der Waals surface area contributed by atoms with Crippen molar-refractivity contribution < 1.29 is 4.79 Å². The molecule has 2 fully saturated rings. The van der Waals surface area contributed by atoms with E-state index in [1.54, 1.807) is 6.20 Å². The molecule has 2 aliphatic rings. The van der Waals surface area contributed by atoms with Crippen molar-refractivity contribution in [2.24, 2.45) is 5.41 Å². The van der Waals surface area contributed by atoms with Crippen molar-refractivity contribution in [3.63, 3.8) is 0 Å². The fraction of sp³-hybridized carbons (Fsp3) is 0.440. The van der Waals surface area contributed by atoms with E-state index in [1.807, 2.05) is 42.0 Å². The highest BCUT2D eigenvalue weighted by atomic mass is 16.2. The van der Waals surface area contributed by atoms with E-state index in [2.05, 4.69) is 51.6 Å². The first-order valence-electron chi connectivity index (χ1n) is 11.4. The lowest BCUT2D eigenvalue weighted by Gasteiger charge is -2.28. The Hall–Kier alpha value is -3.06. The Labute approximate surface area is 189 Å². The van der Waals surface area contributed by atoms with Gasteiger partial charge in [-0.3, -0.25) is 19.7 Å². The van der Waals surface area contributed by atoms with Crippen molar-refractivity contribution in [2.75, 3.05) is 19.6 Å². The minimum atomic E-state index is -0.425. The second-order valence-electron chi connectivity index (χ2n) is 9.41. The molecule has 3 aromatic rings. The van der Waals surface area contributed by atoms with Gasteiger partial charge >= 0.3 is 0 Å². The molecule has 5 rings (SSSR count). The van der Waals surface area contributed by atoms with Crippen LogP contribution in [0.3, 0.4) is 0 Å². The predicted octanol–water partition coefficient (Wildman–Crippen LogP) is 3.27. The number of hydrogen-bond acceptors (Lipinski definition) is 5. The fourth-order valence-electron chi connectivity index (χ4n) is 5.26. The first kappa shape index (κ1) is 20.8. The lowest BCUT2D eigenvalue weighted by Crippen LogP contribution is -2.39. The van der Waals surface area contributed by atoms with Crippen molar-refractivity contribution in [2.45, 2.75) is 45.3 Å². The SMILES string of the molecule is CC(C)n1cnc([C@H]2CN(Cc3ccncc3)C[C@@]23CCN(Cc2cccnc2)C3=O)c1. The van der Waals surface area contributed by atoms with Crippen LogP contribution in [0.25, 0.3) is 0 Å². The van der Waals surface area contributed by atoms with Crippen molar-refractivity contribution in [1.29, 1.82) is 0 Å². The van der Waals surface area contributed by atoms with Crippen LogP contribution < -0.4 is 0 Å². The molecule has 2 saturated heterocycles. The quantitative estimate of drug-likeness (QED) is 0.600. The molecule has 0 radical (unpaired) electrons. The van der Waals surface area contributed by atoms with Crippen LogP contribution in [0.2, 0.25) is 0 Å². The molecule has 3 aromatic heterocycles. The smallest absolute Gasteiger partial charge is 0.231 e. The van der Waals surface area contributed by atoms with Crippen molar-refractivity contribution in [3.8, 4) is 0 Å². The third-order valence-electron chi connectivity index (χ3n) is 6.98. The lowest BCUT2D eigenvalue weighted by molar-refractivity contribution is -0.136. The Balaban J connectivity index is 1.43. The van der Waals surface area contributed by atoms with Crippen LogP contribution in [0.15, 0.2) is 61.6 Å². The van der Waals surface area contributed by atoms with Crippen LogP contribution in [-0.4, -0.2) is 54.9 Å². The van der Waals surface area contributed by atoms with Crippen molar-refractivity contribution in [3.05, 3.63) is 78.4 Å². The van der Waals surface area contributed by atoms with Gasteiger partial charge < -0.3 is 9.47 Å². The first-order chi connectivity index (χ1) is 15.5. The van der Waals surface area contributed by atoms with E-state index < -0.39 is 5.41 Å². The highest BCUT2D eigenvalue weighted by Crippen LogP contribution is 2.50. The molecule has 0 saturated carbocycles. The van der Waals surface area contributed by atoms with Gasteiger partial charge in [-0.15, -0.1) is 0 Å². The first-order valence-corrected chi connectivity index (χ1v) is 11.4. The minimum Gasteiger partial charge on any atom is -0.338 e. The Morgan fingerprint density at radius 2 is 1.94 bits per heavy atom. The number of carbonyl (C=O) groups excluding carboxylic acids is 1. The van der Waals surface area contributed by atoms with Gasteiger partial charge in [-0.1, -0.05) is 6.07 Å². The topological polar surface area (TPSA) is 67.2 Å². The molecule has 0 aromatic carbocycles. The van der Waals surface area contributed by atoms with Crippen LogP contribution >= 0.6 is 0 Å². The summed E-state index contributed by atoms with van der Waals surface area (Å²) in [5.74, 6) is 0.346. The van der Waals surface area contributed by atoms with E-state index in [-0.39, 0.29) is 11.8 Å². The average Bonchev–Trinajstić information content (AvgIpc) is 3.50. The number of imidazole rings is 1. The van der Waals surface area contributed by atoms with Gasteiger partial charge in [0.25, 0.3) is 0 Å². The number of pyridine rings is 2. The van der Waals surface area contributed by atoms with Gasteiger partial charge in [0.05, 0.1) is 17.4 Å². The number of likely N-dealkylation sites (tertiary alicyclic amines) is 2. The molecule has 1 amide bonds. The monoisotopic (exact) mass is 430 g/mol. The minimum absolute atomic E-state index is 0.0933. The van der Waals surface area contributed by atoms with Gasteiger partial charge in [0.2, 0.25) is 5.91 Å². The van der Waals surface area contributed by atoms with Gasteiger partial charge in [-0.05, 0) is 49.6 Å².